The van der Waals surface area contributed by atoms with Gasteiger partial charge >= 0.3 is 11.9 Å². The second-order valence-corrected chi connectivity index (χ2v) is 8.96. The van der Waals surface area contributed by atoms with Crippen LogP contribution < -0.4 is 0 Å². The summed E-state index contributed by atoms with van der Waals surface area (Å²) in [5, 5.41) is 0. The van der Waals surface area contributed by atoms with E-state index >= 15 is 0 Å². The molecule has 0 aromatic heterocycles. The Kier molecular flexibility index (Phi) is 32.4. The third-order valence-electron chi connectivity index (χ3n) is 4.97. The fraction of sp³-hybridized carbons (Fsp3) is 0.800. The summed E-state index contributed by atoms with van der Waals surface area (Å²) < 4.78 is 63.8. The lowest BCUT2D eigenvalue weighted by atomic mass is 10.4. The van der Waals surface area contributed by atoms with E-state index in [1.165, 1.54) is 0 Å². The minimum atomic E-state index is -0.417. The number of ether oxygens (including phenoxy) is 12. The van der Waals surface area contributed by atoms with Crippen molar-refractivity contribution in [3.8, 4) is 0 Å². The van der Waals surface area contributed by atoms with E-state index in [1.54, 1.807) is 13.8 Å². The van der Waals surface area contributed by atoms with Gasteiger partial charge in [0.15, 0.2) is 0 Å². The van der Waals surface area contributed by atoms with E-state index in [4.69, 9.17) is 56.8 Å². The summed E-state index contributed by atoms with van der Waals surface area (Å²) in [4.78, 5) is 22.4. The first-order valence-electron chi connectivity index (χ1n) is 14.9. The number of hydrogen-bond acceptors (Lipinski definition) is 14. The number of hydrogen-bond donors (Lipinski definition) is 0. The average molecular weight is 639 g/mol. The van der Waals surface area contributed by atoms with Gasteiger partial charge in [-0.15, -0.1) is 0 Å². The maximum Gasteiger partial charge on any atom is 0.333 e. The Balaban J connectivity index is 3.10. The highest BCUT2D eigenvalue weighted by atomic mass is 16.6. The van der Waals surface area contributed by atoms with Crippen LogP contribution in [-0.2, 0) is 66.4 Å². The van der Waals surface area contributed by atoms with Crippen LogP contribution in [0.1, 0.15) is 13.8 Å². The van der Waals surface area contributed by atoms with E-state index < -0.39 is 11.9 Å². The lowest BCUT2D eigenvalue weighted by Gasteiger charge is -2.09. The van der Waals surface area contributed by atoms with Gasteiger partial charge in [-0.05, 0) is 13.8 Å². The fourth-order valence-corrected chi connectivity index (χ4v) is 2.71. The monoisotopic (exact) mass is 638 g/mol. The molecule has 0 saturated carbocycles. The zero-order chi connectivity index (χ0) is 32.4. The molecule has 0 heterocycles. The van der Waals surface area contributed by atoms with Gasteiger partial charge in [-0.25, -0.2) is 9.59 Å². The first-order chi connectivity index (χ1) is 21.4. The lowest BCUT2D eigenvalue weighted by Crippen LogP contribution is -2.16. The molecule has 0 unspecified atom stereocenters. The second-order valence-electron chi connectivity index (χ2n) is 8.96. The highest BCUT2D eigenvalue weighted by Gasteiger charge is 2.03. The number of carbonyl (C=O) groups is 2. The van der Waals surface area contributed by atoms with Crippen molar-refractivity contribution in [1.82, 2.24) is 0 Å². The highest BCUT2D eigenvalue weighted by molar-refractivity contribution is 5.87. The normalized spacial score (nSPS) is 11.0. The topological polar surface area (TPSA) is 145 Å². The summed E-state index contributed by atoms with van der Waals surface area (Å²) in [5.41, 5.74) is 0.732. The third-order valence-corrected chi connectivity index (χ3v) is 4.97. The molecular formula is C30H54O14. The Morgan fingerprint density at radius 3 is 0.591 bits per heavy atom. The summed E-state index contributed by atoms with van der Waals surface area (Å²) in [6.07, 6.45) is 0. The molecule has 0 fully saturated rings. The predicted molar refractivity (Wildman–Crippen MR) is 160 cm³/mol. The molecular weight excluding hydrogens is 584 g/mol. The van der Waals surface area contributed by atoms with Crippen LogP contribution in [0, 0.1) is 0 Å². The van der Waals surface area contributed by atoms with Gasteiger partial charge in [0.25, 0.3) is 0 Å². The van der Waals surface area contributed by atoms with Crippen molar-refractivity contribution in [1.29, 1.82) is 0 Å². The van der Waals surface area contributed by atoms with Crippen molar-refractivity contribution < 1.29 is 66.4 Å². The Morgan fingerprint density at radius 2 is 0.455 bits per heavy atom. The van der Waals surface area contributed by atoms with Crippen molar-refractivity contribution in [2.75, 3.05) is 145 Å². The van der Waals surface area contributed by atoms with Gasteiger partial charge in [-0.1, -0.05) is 13.2 Å². The molecule has 14 nitrogen and oxygen atoms in total. The van der Waals surface area contributed by atoms with Crippen molar-refractivity contribution in [3.63, 3.8) is 0 Å². The van der Waals surface area contributed by atoms with Crippen LogP contribution in [0.4, 0.5) is 0 Å². The van der Waals surface area contributed by atoms with E-state index in [-0.39, 0.29) is 13.2 Å². The van der Waals surface area contributed by atoms with Crippen LogP contribution in [0.3, 0.4) is 0 Å². The number of carbonyl (C=O) groups excluding carboxylic acids is 2. The third kappa shape index (κ3) is 32.9. The fourth-order valence-electron chi connectivity index (χ4n) is 2.71. The lowest BCUT2D eigenvalue weighted by molar-refractivity contribution is -0.141. The standard InChI is InChI=1S/C30H54O14/c1-27(2)29(31)43-25-23-41-21-19-39-17-15-37-13-11-35-9-7-33-5-6-34-8-10-36-12-14-38-16-18-40-20-22-42-24-26-44-30(32)28(3)4/h1,3,5-26H2,2,4H3. The van der Waals surface area contributed by atoms with E-state index in [9.17, 15) is 9.59 Å². The van der Waals surface area contributed by atoms with Gasteiger partial charge in [0, 0.05) is 11.1 Å². The minimum absolute atomic E-state index is 0.195. The quantitative estimate of drug-likeness (QED) is 0.0560. The van der Waals surface area contributed by atoms with Crippen molar-refractivity contribution >= 4 is 11.9 Å². The van der Waals surface area contributed by atoms with Crippen molar-refractivity contribution in [3.05, 3.63) is 24.3 Å². The molecule has 0 saturated heterocycles. The molecule has 0 aromatic carbocycles. The molecule has 0 N–H and O–H groups in total. The molecule has 0 atom stereocenters. The second kappa shape index (κ2) is 33.9. The first kappa shape index (κ1) is 42.0. The maximum absolute atomic E-state index is 11.2. The average Bonchev–Trinajstić information content (AvgIpc) is 3.00. The molecule has 0 spiro atoms. The van der Waals surface area contributed by atoms with Gasteiger partial charge in [-0.3, -0.25) is 0 Å². The molecule has 0 radical (unpaired) electrons. The molecule has 0 aliphatic rings. The highest BCUT2D eigenvalue weighted by Crippen LogP contribution is 1.93. The van der Waals surface area contributed by atoms with E-state index in [2.05, 4.69) is 13.2 Å². The Bertz CT molecular complexity index is 645. The largest absolute Gasteiger partial charge is 0.460 e. The molecule has 0 aliphatic heterocycles. The van der Waals surface area contributed by atoms with Gasteiger partial charge in [0.2, 0.25) is 0 Å². The minimum Gasteiger partial charge on any atom is -0.460 e. The van der Waals surface area contributed by atoms with Gasteiger partial charge in [0.1, 0.15) is 13.2 Å². The van der Waals surface area contributed by atoms with E-state index in [1.807, 2.05) is 0 Å². The SMILES string of the molecule is C=C(C)C(=O)OCCOCCOCCOCCOCCOCCOCCOCCOCCOCCOCCOC(=O)C(=C)C. The van der Waals surface area contributed by atoms with E-state index in [0.717, 1.165) is 0 Å². The van der Waals surface area contributed by atoms with E-state index in [0.29, 0.717) is 143 Å². The Morgan fingerprint density at radius 1 is 0.318 bits per heavy atom. The van der Waals surface area contributed by atoms with Crippen molar-refractivity contribution in [2.24, 2.45) is 0 Å². The summed E-state index contributed by atoms with van der Waals surface area (Å²) in [6.45, 7) is 19.6. The zero-order valence-electron chi connectivity index (χ0n) is 26.7. The molecule has 0 aromatic rings. The molecule has 0 rings (SSSR count). The van der Waals surface area contributed by atoms with Gasteiger partial charge in [0.05, 0.1) is 132 Å². The Labute approximate surface area is 262 Å². The van der Waals surface area contributed by atoms with Crippen LogP contribution in [0.25, 0.3) is 0 Å². The molecule has 44 heavy (non-hydrogen) atoms. The van der Waals surface area contributed by atoms with Crippen LogP contribution in [0.2, 0.25) is 0 Å². The van der Waals surface area contributed by atoms with Crippen molar-refractivity contribution in [2.45, 2.75) is 13.8 Å². The summed E-state index contributed by atoms with van der Waals surface area (Å²) in [7, 11) is 0. The van der Waals surface area contributed by atoms with Crippen LogP contribution in [0.5, 0.6) is 0 Å². The first-order valence-corrected chi connectivity index (χ1v) is 14.9. The zero-order valence-corrected chi connectivity index (χ0v) is 26.7. The van der Waals surface area contributed by atoms with Crippen LogP contribution in [0.15, 0.2) is 24.3 Å². The van der Waals surface area contributed by atoms with Crippen LogP contribution >= 0.6 is 0 Å². The molecule has 14 heteroatoms. The predicted octanol–water partition coefficient (Wildman–Crippen LogP) is 1.39. The van der Waals surface area contributed by atoms with Gasteiger partial charge < -0.3 is 56.8 Å². The summed E-state index contributed by atoms with van der Waals surface area (Å²) in [6, 6.07) is 0. The summed E-state index contributed by atoms with van der Waals surface area (Å²) >= 11 is 0. The smallest absolute Gasteiger partial charge is 0.333 e. The Hall–Kier alpha value is -1.98. The molecule has 0 bridgehead atoms. The molecule has 0 amide bonds. The van der Waals surface area contributed by atoms with Gasteiger partial charge in [-0.2, -0.15) is 0 Å². The number of rotatable bonds is 35. The maximum atomic E-state index is 11.2. The molecule has 258 valence electrons. The summed E-state index contributed by atoms with van der Waals surface area (Å²) in [5.74, 6) is -0.833. The molecule has 0 aliphatic carbocycles. The van der Waals surface area contributed by atoms with Crippen LogP contribution in [-0.4, -0.2) is 157 Å². The number of esters is 2.